The van der Waals surface area contributed by atoms with Crippen LogP contribution in [0, 0.1) is 5.41 Å². The van der Waals surface area contributed by atoms with E-state index in [0.717, 1.165) is 45.4 Å². The molecular formula is C12H21NO2. The highest BCUT2D eigenvalue weighted by Crippen LogP contribution is 2.30. The molecule has 1 amide bonds. The Morgan fingerprint density at radius 1 is 1.33 bits per heavy atom. The maximum atomic E-state index is 12.0. The van der Waals surface area contributed by atoms with Crippen LogP contribution in [0.3, 0.4) is 0 Å². The largest absolute Gasteiger partial charge is 0.368 e. The summed E-state index contributed by atoms with van der Waals surface area (Å²) in [4.78, 5) is 14.0. The summed E-state index contributed by atoms with van der Waals surface area (Å²) in [6.45, 7) is 7.13. The molecule has 0 saturated carbocycles. The lowest BCUT2D eigenvalue weighted by atomic mass is 9.82. The molecule has 0 radical (unpaired) electrons. The Bertz CT molecular complexity index is 234. The fourth-order valence-electron chi connectivity index (χ4n) is 2.31. The highest BCUT2D eigenvalue weighted by Gasteiger charge is 2.32. The van der Waals surface area contributed by atoms with E-state index in [1.807, 2.05) is 4.90 Å². The van der Waals surface area contributed by atoms with Crippen LogP contribution >= 0.6 is 0 Å². The number of piperidine rings is 1. The van der Waals surface area contributed by atoms with Crippen molar-refractivity contribution in [3.05, 3.63) is 0 Å². The van der Waals surface area contributed by atoms with Crippen LogP contribution < -0.4 is 0 Å². The van der Waals surface area contributed by atoms with Crippen LogP contribution in [0.2, 0.25) is 0 Å². The van der Waals surface area contributed by atoms with Crippen LogP contribution in [0.1, 0.15) is 39.5 Å². The number of amides is 1. The number of rotatable bonds is 1. The van der Waals surface area contributed by atoms with Gasteiger partial charge in [-0.15, -0.1) is 0 Å². The molecule has 0 bridgehead atoms. The summed E-state index contributed by atoms with van der Waals surface area (Å²) >= 11 is 0. The Kier molecular flexibility index (Phi) is 3.01. The molecule has 2 rings (SSSR count). The third kappa shape index (κ3) is 2.51. The average Bonchev–Trinajstić information content (AvgIpc) is 2.69. The molecule has 0 aromatic carbocycles. The number of carbonyl (C=O) groups excluding carboxylic acids is 1. The zero-order valence-electron chi connectivity index (χ0n) is 9.79. The topological polar surface area (TPSA) is 29.5 Å². The van der Waals surface area contributed by atoms with Crippen molar-refractivity contribution in [2.75, 3.05) is 19.7 Å². The van der Waals surface area contributed by atoms with Crippen LogP contribution in [0.15, 0.2) is 0 Å². The minimum absolute atomic E-state index is 0.133. The lowest BCUT2D eigenvalue weighted by molar-refractivity contribution is -0.143. The fraction of sp³-hybridized carbons (Fsp3) is 0.917. The number of ether oxygens (including phenoxy) is 1. The maximum absolute atomic E-state index is 12.0. The van der Waals surface area contributed by atoms with E-state index >= 15 is 0 Å². The molecule has 1 atom stereocenters. The summed E-state index contributed by atoms with van der Waals surface area (Å²) in [6, 6.07) is 0. The van der Waals surface area contributed by atoms with E-state index in [9.17, 15) is 4.79 Å². The van der Waals surface area contributed by atoms with Gasteiger partial charge in [0.15, 0.2) is 0 Å². The first-order chi connectivity index (χ1) is 7.08. The van der Waals surface area contributed by atoms with E-state index in [-0.39, 0.29) is 12.0 Å². The molecule has 2 fully saturated rings. The van der Waals surface area contributed by atoms with Crippen molar-refractivity contribution in [2.24, 2.45) is 5.41 Å². The van der Waals surface area contributed by atoms with Gasteiger partial charge in [0.25, 0.3) is 5.91 Å². The lowest BCUT2D eigenvalue weighted by Gasteiger charge is -2.37. The zero-order valence-corrected chi connectivity index (χ0v) is 9.79. The highest BCUT2D eigenvalue weighted by molar-refractivity contribution is 5.81. The van der Waals surface area contributed by atoms with Crippen molar-refractivity contribution in [1.29, 1.82) is 0 Å². The molecule has 15 heavy (non-hydrogen) atoms. The van der Waals surface area contributed by atoms with Crippen molar-refractivity contribution in [3.63, 3.8) is 0 Å². The van der Waals surface area contributed by atoms with Crippen molar-refractivity contribution in [1.82, 2.24) is 4.90 Å². The number of hydrogen-bond acceptors (Lipinski definition) is 2. The summed E-state index contributed by atoms with van der Waals surface area (Å²) < 4.78 is 5.43. The third-order valence-corrected chi connectivity index (χ3v) is 3.63. The molecule has 3 nitrogen and oxygen atoms in total. The van der Waals surface area contributed by atoms with Gasteiger partial charge in [0.1, 0.15) is 6.10 Å². The molecule has 2 heterocycles. The Morgan fingerprint density at radius 3 is 2.53 bits per heavy atom. The second-order valence-corrected chi connectivity index (χ2v) is 5.49. The molecule has 3 heteroatoms. The molecule has 2 aliphatic rings. The van der Waals surface area contributed by atoms with Crippen LogP contribution in [-0.4, -0.2) is 36.6 Å². The predicted molar refractivity (Wildman–Crippen MR) is 58.6 cm³/mol. The Labute approximate surface area is 91.8 Å². The third-order valence-electron chi connectivity index (χ3n) is 3.63. The van der Waals surface area contributed by atoms with Gasteiger partial charge in [-0.05, 0) is 31.1 Å². The first kappa shape index (κ1) is 10.9. The molecule has 86 valence electrons. The summed E-state index contributed by atoms with van der Waals surface area (Å²) in [7, 11) is 0. The fourth-order valence-corrected chi connectivity index (χ4v) is 2.31. The van der Waals surface area contributed by atoms with E-state index in [1.54, 1.807) is 0 Å². The average molecular weight is 211 g/mol. The van der Waals surface area contributed by atoms with E-state index in [0.29, 0.717) is 5.41 Å². The second-order valence-electron chi connectivity index (χ2n) is 5.49. The summed E-state index contributed by atoms with van der Waals surface area (Å²) in [5.74, 6) is 0.225. The van der Waals surface area contributed by atoms with Crippen LogP contribution in [0.4, 0.5) is 0 Å². The van der Waals surface area contributed by atoms with Gasteiger partial charge in [0, 0.05) is 19.7 Å². The van der Waals surface area contributed by atoms with Gasteiger partial charge in [0.2, 0.25) is 0 Å². The second kappa shape index (κ2) is 4.12. The van der Waals surface area contributed by atoms with Gasteiger partial charge in [-0.1, -0.05) is 13.8 Å². The summed E-state index contributed by atoms with van der Waals surface area (Å²) in [5.41, 5.74) is 0.410. The van der Waals surface area contributed by atoms with Crippen molar-refractivity contribution in [2.45, 2.75) is 45.6 Å². The number of likely N-dealkylation sites (tertiary alicyclic amines) is 1. The lowest BCUT2D eigenvalue weighted by Crippen LogP contribution is -2.45. The van der Waals surface area contributed by atoms with Crippen LogP contribution in [-0.2, 0) is 9.53 Å². The minimum Gasteiger partial charge on any atom is -0.368 e. The molecule has 0 aromatic heterocycles. The summed E-state index contributed by atoms with van der Waals surface area (Å²) in [6.07, 6.45) is 4.05. The Balaban J connectivity index is 1.87. The van der Waals surface area contributed by atoms with Gasteiger partial charge in [-0.25, -0.2) is 0 Å². The molecule has 1 unspecified atom stereocenters. The zero-order chi connectivity index (χ0) is 10.9. The van der Waals surface area contributed by atoms with E-state index in [2.05, 4.69) is 13.8 Å². The number of hydrogen-bond donors (Lipinski definition) is 0. The van der Waals surface area contributed by atoms with Gasteiger partial charge >= 0.3 is 0 Å². The molecule has 0 spiro atoms. The summed E-state index contributed by atoms with van der Waals surface area (Å²) in [5, 5.41) is 0. The SMILES string of the molecule is CC1(C)CCN(C(=O)C2CCCO2)CC1. The van der Waals surface area contributed by atoms with Crippen molar-refractivity contribution >= 4 is 5.91 Å². The normalized spacial score (nSPS) is 30.5. The number of carbonyl (C=O) groups is 1. The maximum Gasteiger partial charge on any atom is 0.251 e. The Hall–Kier alpha value is -0.570. The minimum atomic E-state index is -0.133. The van der Waals surface area contributed by atoms with Crippen LogP contribution in [0.25, 0.3) is 0 Å². The van der Waals surface area contributed by atoms with Gasteiger partial charge in [-0.3, -0.25) is 4.79 Å². The van der Waals surface area contributed by atoms with Crippen LogP contribution in [0.5, 0.6) is 0 Å². The van der Waals surface area contributed by atoms with E-state index < -0.39 is 0 Å². The Morgan fingerprint density at radius 2 is 2.00 bits per heavy atom. The van der Waals surface area contributed by atoms with Crippen molar-refractivity contribution in [3.8, 4) is 0 Å². The van der Waals surface area contributed by atoms with E-state index in [4.69, 9.17) is 4.74 Å². The van der Waals surface area contributed by atoms with Gasteiger partial charge < -0.3 is 9.64 Å². The first-order valence-corrected chi connectivity index (χ1v) is 5.99. The van der Waals surface area contributed by atoms with Gasteiger partial charge in [-0.2, -0.15) is 0 Å². The standard InChI is InChI=1S/C12H21NO2/c1-12(2)5-7-13(8-6-12)11(14)10-4-3-9-15-10/h10H,3-9H2,1-2H3. The highest BCUT2D eigenvalue weighted by atomic mass is 16.5. The molecule has 0 aliphatic carbocycles. The van der Waals surface area contributed by atoms with Crippen molar-refractivity contribution < 1.29 is 9.53 Å². The molecule has 0 aromatic rings. The predicted octanol–water partition coefficient (Wildman–Crippen LogP) is 1.81. The molecule has 0 N–H and O–H groups in total. The smallest absolute Gasteiger partial charge is 0.251 e. The molecule has 2 aliphatic heterocycles. The monoisotopic (exact) mass is 211 g/mol. The molecule has 2 saturated heterocycles. The first-order valence-electron chi connectivity index (χ1n) is 5.99. The molecular weight excluding hydrogens is 190 g/mol. The van der Waals surface area contributed by atoms with Gasteiger partial charge in [0.05, 0.1) is 0 Å². The van der Waals surface area contributed by atoms with E-state index in [1.165, 1.54) is 0 Å². The number of nitrogens with zero attached hydrogens (tertiary/aromatic N) is 1. The quantitative estimate of drug-likeness (QED) is 0.662.